The Morgan fingerprint density at radius 2 is 1.38 bits per heavy atom. The lowest BCUT2D eigenvalue weighted by Gasteiger charge is -2.18. The van der Waals surface area contributed by atoms with Gasteiger partial charge in [0.15, 0.2) is 0 Å². The van der Waals surface area contributed by atoms with E-state index in [-0.39, 0.29) is 18.3 Å². The van der Waals surface area contributed by atoms with E-state index in [1.54, 1.807) is 24.0 Å². The summed E-state index contributed by atoms with van der Waals surface area (Å²) in [7, 11) is -3.92. The fourth-order valence-corrected chi connectivity index (χ4v) is 5.69. The number of unbranched alkanes of at least 4 members (excludes halogenated alkanes) is 15. The molecule has 234 valence electrons. The van der Waals surface area contributed by atoms with Crippen LogP contribution in [0.1, 0.15) is 116 Å². The van der Waals surface area contributed by atoms with Gasteiger partial charge < -0.3 is 14.2 Å². The average Bonchev–Trinajstić information content (AvgIpc) is 2.93. The Balaban J connectivity index is 2.01. The van der Waals surface area contributed by atoms with Gasteiger partial charge in [-0.1, -0.05) is 103 Å². The maximum Gasteiger partial charge on any atom is 0.264 e. The lowest BCUT2D eigenvalue weighted by molar-refractivity contribution is 0.0564. The molecule has 1 unspecified atom stereocenters. The summed E-state index contributed by atoms with van der Waals surface area (Å²) in [5, 5.41) is 0. The van der Waals surface area contributed by atoms with Crippen LogP contribution in [0.15, 0.2) is 18.6 Å². The van der Waals surface area contributed by atoms with Gasteiger partial charge in [-0.15, -0.1) is 0 Å². The fraction of sp³-hybridized carbons (Fsp3) is 0.867. The van der Waals surface area contributed by atoms with E-state index in [9.17, 15) is 8.42 Å². The Bertz CT molecular complexity index is 771. The van der Waals surface area contributed by atoms with Crippen molar-refractivity contribution in [3.05, 3.63) is 18.6 Å². The van der Waals surface area contributed by atoms with Gasteiger partial charge in [0, 0.05) is 37.0 Å². The molecule has 0 aromatic carbocycles. The van der Waals surface area contributed by atoms with E-state index < -0.39 is 10.1 Å². The molecule has 1 atom stereocenters. The Morgan fingerprint density at radius 3 is 1.93 bits per heavy atom. The lowest BCUT2D eigenvalue weighted by Crippen LogP contribution is -2.27. The standard InChI is InChI=1S/C30H56N2O6S2/c1-2-3-4-5-6-7-8-9-10-11-12-13-14-15-16-17-21-37-26-29(38-30-19-20-31-28-32-30)27-39-24-23-36-22-18-25-40(33,34)35/h19-20,28-29H,2-18,21-27H2,1H3,(H,33,34,35). The summed E-state index contributed by atoms with van der Waals surface area (Å²) in [6.45, 7) is 4.34. The van der Waals surface area contributed by atoms with E-state index in [4.69, 9.17) is 18.8 Å². The molecule has 0 fully saturated rings. The molecule has 0 aliphatic carbocycles. The minimum absolute atomic E-state index is 0.125. The first-order valence-corrected chi connectivity index (χ1v) is 18.4. The van der Waals surface area contributed by atoms with Crippen molar-refractivity contribution in [1.29, 1.82) is 0 Å². The first-order chi connectivity index (χ1) is 19.5. The Labute approximate surface area is 248 Å². The normalized spacial score (nSPS) is 12.6. The number of nitrogens with zero attached hydrogens (tertiary/aromatic N) is 2. The molecule has 0 bridgehead atoms. The second kappa shape index (κ2) is 26.9. The molecule has 40 heavy (non-hydrogen) atoms. The lowest BCUT2D eigenvalue weighted by atomic mass is 10.0. The molecule has 0 amide bonds. The first kappa shape index (κ1) is 37.1. The predicted molar refractivity (Wildman–Crippen MR) is 166 cm³/mol. The third-order valence-corrected chi connectivity index (χ3v) is 8.52. The average molecular weight is 605 g/mol. The number of hydrogen-bond acceptors (Lipinski definition) is 8. The quantitative estimate of drug-likeness (QED) is 0.0704. The van der Waals surface area contributed by atoms with E-state index in [0.29, 0.717) is 25.7 Å². The zero-order chi connectivity index (χ0) is 29.0. The molecule has 10 heteroatoms. The molecule has 0 radical (unpaired) electrons. The van der Waals surface area contributed by atoms with Crippen LogP contribution in [0.5, 0.6) is 5.88 Å². The van der Waals surface area contributed by atoms with Gasteiger partial charge >= 0.3 is 0 Å². The smallest absolute Gasteiger partial charge is 0.264 e. The van der Waals surface area contributed by atoms with Crippen LogP contribution in [0, 0.1) is 0 Å². The summed E-state index contributed by atoms with van der Waals surface area (Å²) in [6, 6.07) is 1.74. The van der Waals surface area contributed by atoms with Crippen molar-refractivity contribution < 1.29 is 27.2 Å². The van der Waals surface area contributed by atoms with Gasteiger partial charge in [-0.25, -0.2) is 9.97 Å². The maximum absolute atomic E-state index is 10.7. The van der Waals surface area contributed by atoms with Gasteiger partial charge in [0.1, 0.15) is 12.4 Å². The minimum Gasteiger partial charge on any atom is -0.471 e. The van der Waals surface area contributed by atoms with Crippen molar-refractivity contribution in [2.24, 2.45) is 0 Å². The second-order valence-electron chi connectivity index (χ2n) is 10.5. The van der Waals surface area contributed by atoms with Gasteiger partial charge in [0.2, 0.25) is 5.88 Å². The summed E-state index contributed by atoms with van der Waals surface area (Å²) >= 11 is 1.69. The third kappa shape index (κ3) is 26.0. The van der Waals surface area contributed by atoms with Crippen molar-refractivity contribution in [1.82, 2.24) is 9.97 Å². The van der Waals surface area contributed by atoms with Crippen molar-refractivity contribution in [2.75, 3.05) is 43.7 Å². The minimum atomic E-state index is -3.92. The number of ether oxygens (including phenoxy) is 3. The first-order valence-electron chi connectivity index (χ1n) is 15.6. The molecule has 1 aromatic heterocycles. The monoisotopic (exact) mass is 604 g/mol. The summed E-state index contributed by atoms with van der Waals surface area (Å²) in [5.74, 6) is 1.76. The van der Waals surface area contributed by atoms with Gasteiger partial charge in [0.05, 0.1) is 19.0 Å². The third-order valence-electron chi connectivity index (χ3n) is 6.65. The molecule has 0 spiro atoms. The SMILES string of the molecule is CCCCCCCCCCCCCCCCCCOCC(CSCCOCCCS(=O)(=O)O)Oc1ccncn1. The molecule has 0 aliphatic heterocycles. The Hall–Kier alpha value is -0.940. The molecule has 1 rings (SSSR count). The zero-order valence-electron chi connectivity index (χ0n) is 25.0. The van der Waals surface area contributed by atoms with E-state index in [1.807, 2.05) is 0 Å². The van der Waals surface area contributed by atoms with E-state index >= 15 is 0 Å². The molecule has 1 aromatic rings. The van der Waals surface area contributed by atoms with Gasteiger partial charge in [-0.3, -0.25) is 4.55 Å². The van der Waals surface area contributed by atoms with Crippen molar-refractivity contribution >= 4 is 21.9 Å². The number of thioether (sulfide) groups is 1. The Kier molecular flexibility index (Phi) is 25.0. The molecular weight excluding hydrogens is 548 g/mol. The van der Waals surface area contributed by atoms with Crippen molar-refractivity contribution in [3.8, 4) is 5.88 Å². The van der Waals surface area contributed by atoms with Crippen LogP contribution in [0.3, 0.4) is 0 Å². The molecule has 0 saturated carbocycles. The maximum atomic E-state index is 10.7. The molecule has 0 saturated heterocycles. The fourth-order valence-electron chi connectivity index (χ4n) is 4.38. The predicted octanol–water partition coefficient (Wildman–Crippen LogP) is 7.53. The summed E-state index contributed by atoms with van der Waals surface area (Å²) < 4.78 is 47.6. The highest BCUT2D eigenvalue weighted by atomic mass is 32.2. The molecule has 8 nitrogen and oxygen atoms in total. The van der Waals surface area contributed by atoms with Gasteiger partial charge in [-0.05, 0) is 12.8 Å². The van der Waals surface area contributed by atoms with E-state index in [1.165, 1.54) is 103 Å². The highest BCUT2D eigenvalue weighted by molar-refractivity contribution is 7.99. The van der Waals surface area contributed by atoms with E-state index in [2.05, 4.69) is 16.9 Å². The van der Waals surface area contributed by atoms with Crippen LogP contribution >= 0.6 is 11.8 Å². The van der Waals surface area contributed by atoms with Crippen LogP contribution in [0.2, 0.25) is 0 Å². The van der Waals surface area contributed by atoms with Crippen molar-refractivity contribution in [3.63, 3.8) is 0 Å². The van der Waals surface area contributed by atoms with Crippen LogP contribution in [0.4, 0.5) is 0 Å². The van der Waals surface area contributed by atoms with Crippen molar-refractivity contribution in [2.45, 2.75) is 122 Å². The molecular formula is C30H56N2O6S2. The molecule has 1 heterocycles. The van der Waals surface area contributed by atoms with Gasteiger partial charge in [0.25, 0.3) is 10.1 Å². The van der Waals surface area contributed by atoms with Crippen LogP contribution < -0.4 is 4.74 Å². The number of hydrogen-bond donors (Lipinski definition) is 1. The largest absolute Gasteiger partial charge is 0.471 e. The van der Waals surface area contributed by atoms with Gasteiger partial charge in [-0.2, -0.15) is 20.2 Å². The van der Waals surface area contributed by atoms with Crippen LogP contribution in [-0.4, -0.2) is 72.7 Å². The van der Waals surface area contributed by atoms with Crippen LogP contribution in [-0.2, 0) is 19.6 Å². The number of rotatable bonds is 30. The summed E-state index contributed by atoms with van der Waals surface area (Å²) in [6.07, 6.45) is 25.0. The molecule has 0 aliphatic rings. The van der Waals surface area contributed by atoms with E-state index in [0.717, 1.165) is 24.5 Å². The molecule has 1 N–H and O–H groups in total. The highest BCUT2D eigenvalue weighted by Gasteiger charge is 2.12. The summed E-state index contributed by atoms with van der Waals surface area (Å²) in [5.41, 5.74) is 0. The second-order valence-corrected chi connectivity index (χ2v) is 13.2. The number of aromatic nitrogens is 2. The Morgan fingerprint density at radius 1 is 0.800 bits per heavy atom. The highest BCUT2D eigenvalue weighted by Crippen LogP contribution is 2.15. The van der Waals surface area contributed by atoms with Crippen LogP contribution in [0.25, 0.3) is 0 Å². The zero-order valence-corrected chi connectivity index (χ0v) is 26.6. The topological polar surface area (TPSA) is 108 Å². The summed E-state index contributed by atoms with van der Waals surface area (Å²) in [4.78, 5) is 8.09.